The van der Waals surface area contributed by atoms with Gasteiger partial charge >= 0.3 is 0 Å². The quantitative estimate of drug-likeness (QED) is 0.804. The van der Waals surface area contributed by atoms with Gasteiger partial charge in [-0.15, -0.1) is 0 Å². The lowest BCUT2D eigenvalue weighted by atomic mass is 9.95. The van der Waals surface area contributed by atoms with Crippen LogP contribution in [0, 0.1) is 0 Å². The van der Waals surface area contributed by atoms with E-state index in [1.54, 1.807) is 6.07 Å². The summed E-state index contributed by atoms with van der Waals surface area (Å²) < 4.78 is 5.79. The van der Waals surface area contributed by atoms with E-state index >= 15 is 0 Å². The topological polar surface area (TPSA) is 66.6 Å². The van der Waals surface area contributed by atoms with Crippen LogP contribution in [0.25, 0.3) is 0 Å². The number of rotatable bonds is 5. The molecular weight excluding hydrogens is 314 g/mol. The highest BCUT2D eigenvalue weighted by atomic mass is 16.6. The third-order valence-corrected chi connectivity index (χ3v) is 5.73. The van der Waals surface area contributed by atoms with Crippen LogP contribution in [0.3, 0.4) is 0 Å². The highest BCUT2D eigenvalue weighted by Gasteiger charge is 2.42. The van der Waals surface area contributed by atoms with Crippen molar-refractivity contribution in [3.05, 3.63) is 29.6 Å². The number of nitrogens with one attached hydrogen (secondary N) is 2. The SMILES string of the molecule is O=C(NC1CCCCC1)c1cccc(C2OC2NC2CCCCC2)n1. The predicted octanol–water partition coefficient (Wildman–Crippen LogP) is 3.46. The number of pyridine rings is 1. The van der Waals surface area contributed by atoms with Crippen LogP contribution in [0.5, 0.6) is 0 Å². The van der Waals surface area contributed by atoms with Crippen LogP contribution in [-0.4, -0.2) is 29.2 Å². The van der Waals surface area contributed by atoms with E-state index in [2.05, 4.69) is 15.6 Å². The molecule has 25 heavy (non-hydrogen) atoms. The molecular formula is C20H29N3O2. The minimum atomic E-state index is -0.0498. The van der Waals surface area contributed by atoms with E-state index in [0.29, 0.717) is 17.8 Å². The Labute approximate surface area is 149 Å². The monoisotopic (exact) mass is 343 g/mol. The van der Waals surface area contributed by atoms with Crippen LogP contribution in [0.1, 0.15) is 86.5 Å². The molecule has 2 atom stereocenters. The van der Waals surface area contributed by atoms with E-state index < -0.39 is 0 Å². The van der Waals surface area contributed by atoms with E-state index in [0.717, 1.165) is 18.5 Å². The Hall–Kier alpha value is -1.46. The molecule has 3 aliphatic rings. The molecule has 0 aromatic carbocycles. The van der Waals surface area contributed by atoms with Gasteiger partial charge in [-0.3, -0.25) is 10.1 Å². The normalized spacial score (nSPS) is 27.8. The van der Waals surface area contributed by atoms with Crippen molar-refractivity contribution >= 4 is 5.91 Å². The van der Waals surface area contributed by atoms with Gasteiger partial charge in [-0.2, -0.15) is 0 Å². The smallest absolute Gasteiger partial charge is 0.270 e. The number of ether oxygens (including phenoxy) is 1. The van der Waals surface area contributed by atoms with Crippen molar-refractivity contribution in [2.45, 2.75) is 88.6 Å². The number of carbonyl (C=O) groups is 1. The van der Waals surface area contributed by atoms with Gasteiger partial charge in [-0.25, -0.2) is 4.98 Å². The number of aromatic nitrogens is 1. The number of nitrogens with zero attached hydrogens (tertiary/aromatic N) is 1. The first-order valence-corrected chi connectivity index (χ1v) is 9.99. The molecule has 2 saturated carbocycles. The third kappa shape index (κ3) is 4.39. The fraction of sp³-hybridized carbons (Fsp3) is 0.700. The lowest BCUT2D eigenvalue weighted by Gasteiger charge is -2.22. The molecule has 3 fully saturated rings. The maximum Gasteiger partial charge on any atom is 0.270 e. The summed E-state index contributed by atoms with van der Waals surface area (Å²) in [7, 11) is 0. The molecule has 0 spiro atoms. The second-order valence-corrected chi connectivity index (χ2v) is 7.73. The summed E-state index contributed by atoms with van der Waals surface area (Å²) in [6.07, 6.45) is 12.4. The zero-order chi connectivity index (χ0) is 17.1. The summed E-state index contributed by atoms with van der Waals surface area (Å²) in [5.74, 6) is -0.0498. The summed E-state index contributed by atoms with van der Waals surface area (Å²) in [5.41, 5.74) is 1.37. The van der Waals surface area contributed by atoms with E-state index in [9.17, 15) is 4.79 Å². The number of hydrogen-bond donors (Lipinski definition) is 2. The van der Waals surface area contributed by atoms with Crippen molar-refractivity contribution < 1.29 is 9.53 Å². The fourth-order valence-electron chi connectivity index (χ4n) is 4.21. The minimum Gasteiger partial charge on any atom is -0.348 e. The summed E-state index contributed by atoms with van der Waals surface area (Å²) in [5, 5.41) is 6.73. The molecule has 5 heteroatoms. The number of amides is 1. The molecule has 2 heterocycles. The highest BCUT2D eigenvalue weighted by molar-refractivity contribution is 5.92. The van der Waals surface area contributed by atoms with Crippen molar-refractivity contribution in [1.29, 1.82) is 0 Å². The molecule has 136 valence electrons. The number of hydrogen-bond acceptors (Lipinski definition) is 4. The van der Waals surface area contributed by atoms with Crippen LogP contribution in [-0.2, 0) is 4.74 Å². The first-order chi connectivity index (χ1) is 12.3. The molecule has 0 radical (unpaired) electrons. The van der Waals surface area contributed by atoms with Crippen molar-refractivity contribution in [2.75, 3.05) is 0 Å². The fourth-order valence-corrected chi connectivity index (χ4v) is 4.21. The summed E-state index contributed by atoms with van der Waals surface area (Å²) in [6.45, 7) is 0. The molecule has 2 N–H and O–H groups in total. The van der Waals surface area contributed by atoms with Crippen LogP contribution < -0.4 is 10.6 Å². The van der Waals surface area contributed by atoms with Gasteiger partial charge in [-0.05, 0) is 37.8 Å². The zero-order valence-electron chi connectivity index (χ0n) is 14.9. The molecule has 1 saturated heterocycles. The van der Waals surface area contributed by atoms with E-state index in [-0.39, 0.29) is 18.2 Å². The maximum absolute atomic E-state index is 12.5. The van der Waals surface area contributed by atoms with Gasteiger partial charge in [0.05, 0.1) is 5.69 Å². The van der Waals surface area contributed by atoms with Crippen LogP contribution in [0.4, 0.5) is 0 Å². The molecule has 2 aliphatic carbocycles. The molecule has 1 aromatic rings. The van der Waals surface area contributed by atoms with Crippen LogP contribution in [0.15, 0.2) is 18.2 Å². The summed E-state index contributed by atoms with van der Waals surface area (Å²) >= 11 is 0. The Morgan fingerprint density at radius 3 is 2.36 bits per heavy atom. The second-order valence-electron chi connectivity index (χ2n) is 7.73. The zero-order valence-corrected chi connectivity index (χ0v) is 14.9. The molecule has 1 aliphatic heterocycles. The van der Waals surface area contributed by atoms with Gasteiger partial charge in [0.15, 0.2) is 0 Å². The third-order valence-electron chi connectivity index (χ3n) is 5.73. The van der Waals surface area contributed by atoms with E-state index in [1.165, 1.54) is 51.4 Å². The average molecular weight is 343 g/mol. The van der Waals surface area contributed by atoms with Gasteiger partial charge in [0, 0.05) is 12.1 Å². The highest BCUT2D eigenvalue weighted by Crippen LogP contribution is 2.37. The van der Waals surface area contributed by atoms with Gasteiger partial charge < -0.3 is 10.1 Å². The Balaban J connectivity index is 1.32. The molecule has 2 unspecified atom stereocenters. The predicted molar refractivity (Wildman–Crippen MR) is 96.2 cm³/mol. The maximum atomic E-state index is 12.5. The van der Waals surface area contributed by atoms with Gasteiger partial charge in [0.25, 0.3) is 5.91 Å². The largest absolute Gasteiger partial charge is 0.348 e. The van der Waals surface area contributed by atoms with Crippen molar-refractivity contribution in [3.8, 4) is 0 Å². The molecule has 4 rings (SSSR count). The van der Waals surface area contributed by atoms with Crippen molar-refractivity contribution in [2.24, 2.45) is 0 Å². The lowest BCUT2D eigenvalue weighted by molar-refractivity contribution is 0.0922. The van der Waals surface area contributed by atoms with Gasteiger partial charge in [-0.1, -0.05) is 44.6 Å². The first-order valence-electron chi connectivity index (χ1n) is 9.99. The minimum absolute atomic E-state index is 0.00985. The first kappa shape index (κ1) is 17.0. The molecule has 5 nitrogen and oxygen atoms in total. The Morgan fingerprint density at radius 1 is 0.960 bits per heavy atom. The lowest BCUT2D eigenvalue weighted by Crippen LogP contribution is -2.36. The molecule has 0 bridgehead atoms. The standard InChI is InChI=1S/C20H29N3O2/c24-19(21-14-8-3-1-4-9-14)17-13-7-12-16(23-17)18-20(25-18)22-15-10-5-2-6-11-15/h7,12-15,18,20,22H,1-6,8-11H2,(H,21,24). The second kappa shape index (κ2) is 7.83. The van der Waals surface area contributed by atoms with E-state index in [4.69, 9.17) is 4.74 Å². The average Bonchev–Trinajstić information content (AvgIpc) is 3.43. The van der Waals surface area contributed by atoms with Crippen molar-refractivity contribution in [1.82, 2.24) is 15.6 Å². The van der Waals surface area contributed by atoms with Crippen LogP contribution in [0.2, 0.25) is 0 Å². The molecule has 1 aromatic heterocycles. The van der Waals surface area contributed by atoms with Crippen molar-refractivity contribution in [3.63, 3.8) is 0 Å². The van der Waals surface area contributed by atoms with Gasteiger partial charge in [0.1, 0.15) is 18.0 Å². The Morgan fingerprint density at radius 2 is 1.64 bits per heavy atom. The molecule has 1 amide bonds. The summed E-state index contributed by atoms with van der Waals surface area (Å²) in [4.78, 5) is 17.0. The Kier molecular flexibility index (Phi) is 5.32. The number of epoxide rings is 1. The van der Waals surface area contributed by atoms with Crippen LogP contribution >= 0.6 is 0 Å². The van der Waals surface area contributed by atoms with Gasteiger partial charge in [0.2, 0.25) is 0 Å². The Bertz CT molecular complexity index is 594. The summed E-state index contributed by atoms with van der Waals surface area (Å²) in [6, 6.07) is 6.56. The number of carbonyl (C=O) groups excluding carboxylic acids is 1. The van der Waals surface area contributed by atoms with E-state index in [1.807, 2.05) is 12.1 Å².